The molecule has 1 heterocycles. The molecule has 3 aromatic rings. The maximum atomic E-state index is 14.0. The molecule has 3 rings (SSSR count). The topological polar surface area (TPSA) is 99.0 Å². The molecule has 2 aromatic carbocycles. The second-order valence-electron chi connectivity index (χ2n) is 5.41. The Morgan fingerprint density at radius 1 is 1.04 bits per heavy atom. The highest BCUT2D eigenvalue weighted by atomic mass is 32.1. The monoisotopic (exact) mass is 414 g/mol. The van der Waals surface area contributed by atoms with Gasteiger partial charge in [0.25, 0.3) is 5.91 Å². The number of hydrogen-bond acceptors (Lipinski definition) is 4. The van der Waals surface area contributed by atoms with Gasteiger partial charge in [-0.1, -0.05) is 0 Å². The number of amides is 1. The van der Waals surface area contributed by atoms with Crippen LogP contribution in [-0.2, 0) is 0 Å². The largest absolute Gasteiger partial charge is 0.491 e. The van der Waals surface area contributed by atoms with Gasteiger partial charge in [-0.15, -0.1) is 0 Å². The van der Waals surface area contributed by atoms with Gasteiger partial charge in [0.1, 0.15) is 5.56 Å². The molecular weight excluding hydrogens is 404 g/mol. The molecule has 0 atom stereocenters. The number of carbonyl (C=O) groups is 1. The summed E-state index contributed by atoms with van der Waals surface area (Å²) in [5, 5.41) is 4.06. The highest BCUT2D eigenvalue weighted by Crippen LogP contribution is 2.29. The zero-order chi connectivity index (χ0) is 20.6. The molecule has 1 amide bonds. The molecule has 0 spiro atoms. The first-order valence-corrected chi connectivity index (χ1v) is 7.88. The summed E-state index contributed by atoms with van der Waals surface area (Å²) >= 11 is 4.86. The highest BCUT2D eigenvalue weighted by Gasteiger charge is 2.30. The number of hydrogen-bond donors (Lipinski definition) is 4. The van der Waals surface area contributed by atoms with Crippen LogP contribution in [0.1, 0.15) is 10.4 Å². The summed E-state index contributed by atoms with van der Waals surface area (Å²) in [6, 6.07) is 4.51. The minimum absolute atomic E-state index is 0.320. The van der Waals surface area contributed by atoms with Crippen LogP contribution in [0.4, 0.5) is 23.2 Å². The molecule has 0 saturated heterocycles. The van der Waals surface area contributed by atoms with Crippen molar-refractivity contribution < 1.29 is 27.1 Å². The van der Waals surface area contributed by atoms with Crippen molar-refractivity contribution in [2.45, 2.75) is 0 Å². The Hall–Kier alpha value is -3.41. The van der Waals surface area contributed by atoms with E-state index in [0.29, 0.717) is 16.7 Å². The number of H-pyrrole nitrogens is 2. The van der Waals surface area contributed by atoms with Crippen LogP contribution in [0.25, 0.3) is 11.0 Å². The Kier molecular flexibility index (Phi) is 5.05. The van der Waals surface area contributed by atoms with Crippen molar-refractivity contribution in [3.05, 3.63) is 57.5 Å². The van der Waals surface area contributed by atoms with Gasteiger partial charge >= 0.3 is 5.69 Å². The van der Waals surface area contributed by atoms with Crippen molar-refractivity contribution >= 4 is 40.0 Å². The molecule has 0 radical (unpaired) electrons. The number of fused-ring (bicyclic) bond motifs is 1. The van der Waals surface area contributed by atoms with Gasteiger partial charge in [0, 0.05) is 5.69 Å². The van der Waals surface area contributed by atoms with Gasteiger partial charge < -0.3 is 20.0 Å². The maximum Gasteiger partial charge on any atom is 0.323 e. The molecule has 146 valence electrons. The third kappa shape index (κ3) is 3.41. The number of halogens is 4. The number of aromatic amines is 2. The van der Waals surface area contributed by atoms with Crippen LogP contribution in [0, 0.1) is 23.3 Å². The molecule has 7 nitrogen and oxygen atoms in total. The Morgan fingerprint density at radius 3 is 2.25 bits per heavy atom. The van der Waals surface area contributed by atoms with Crippen LogP contribution in [-0.4, -0.2) is 28.1 Å². The second kappa shape index (κ2) is 7.31. The van der Waals surface area contributed by atoms with E-state index in [0.717, 1.165) is 7.11 Å². The molecule has 0 aliphatic heterocycles. The second-order valence-corrected chi connectivity index (χ2v) is 5.82. The molecule has 0 fully saturated rings. The first-order valence-electron chi connectivity index (χ1n) is 7.47. The molecule has 0 bridgehead atoms. The van der Waals surface area contributed by atoms with Crippen molar-refractivity contribution in [2.75, 3.05) is 12.4 Å². The Labute approximate surface area is 158 Å². The number of nitrogens with one attached hydrogen (secondary N) is 4. The number of aromatic nitrogens is 2. The minimum Gasteiger partial charge on any atom is -0.491 e. The minimum atomic E-state index is -1.93. The van der Waals surface area contributed by atoms with Gasteiger partial charge in [0.2, 0.25) is 11.6 Å². The molecule has 0 unspecified atom stereocenters. The number of ether oxygens (including phenoxy) is 1. The summed E-state index contributed by atoms with van der Waals surface area (Å²) in [7, 11) is 0.813. The van der Waals surface area contributed by atoms with Crippen molar-refractivity contribution in [3.63, 3.8) is 0 Å². The zero-order valence-electron chi connectivity index (χ0n) is 13.9. The quantitative estimate of drug-likeness (QED) is 0.300. The Bertz CT molecular complexity index is 1150. The van der Waals surface area contributed by atoms with E-state index in [-0.39, 0.29) is 0 Å². The molecule has 1 aromatic heterocycles. The van der Waals surface area contributed by atoms with E-state index in [1.54, 1.807) is 0 Å². The number of anilines is 1. The number of thiocarbonyl (C=S) groups is 1. The fraction of sp³-hybridized carbons (Fsp3) is 0.0625. The molecule has 28 heavy (non-hydrogen) atoms. The zero-order valence-corrected chi connectivity index (χ0v) is 14.7. The van der Waals surface area contributed by atoms with Gasteiger partial charge in [0.15, 0.2) is 22.5 Å². The van der Waals surface area contributed by atoms with Crippen molar-refractivity contribution in [1.29, 1.82) is 0 Å². The Morgan fingerprint density at radius 2 is 1.64 bits per heavy atom. The number of benzene rings is 2. The SMILES string of the molecule is COc1c(F)c(F)c(C(=O)NC(=S)Nc2ccc3[nH]c(=O)[nH]c3c2)c(F)c1F. The number of methoxy groups -OCH3 is 1. The van der Waals surface area contributed by atoms with Gasteiger partial charge in [0.05, 0.1) is 18.1 Å². The Balaban J connectivity index is 1.82. The normalized spacial score (nSPS) is 10.8. The van der Waals surface area contributed by atoms with Gasteiger partial charge in [-0.2, -0.15) is 8.78 Å². The van der Waals surface area contributed by atoms with Gasteiger partial charge in [-0.05, 0) is 30.4 Å². The van der Waals surface area contributed by atoms with Crippen molar-refractivity contribution in [3.8, 4) is 5.75 Å². The standard InChI is InChI=1S/C16H10F4N4O3S/c1-27-13-11(19)9(17)8(10(18)12(13)20)14(25)24-16(28)21-5-2-3-6-7(4-5)23-15(26)22-6/h2-4H,1H3,(H2,22,23,26)(H2,21,24,25,28). The summed E-state index contributed by atoms with van der Waals surface area (Å²) in [5.41, 5.74) is -0.664. The molecule has 0 saturated carbocycles. The summed E-state index contributed by atoms with van der Waals surface area (Å²) in [5.74, 6) is -10.4. The smallest absolute Gasteiger partial charge is 0.323 e. The van der Waals surface area contributed by atoms with E-state index >= 15 is 0 Å². The summed E-state index contributed by atoms with van der Waals surface area (Å²) in [6.45, 7) is 0. The predicted molar refractivity (Wildman–Crippen MR) is 95.4 cm³/mol. The summed E-state index contributed by atoms with van der Waals surface area (Å²) < 4.78 is 59.6. The average Bonchev–Trinajstić information content (AvgIpc) is 3.00. The van der Waals surface area contributed by atoms with Crippen LogP contribution in [0.15, 0.2) is 23.0 Å². The van der Waals surface area contributed by atoms with E-state index in [9.17, 15) is 27.2 Å². The lowest BCUT2D eigenvalue weighted by atomic mass is 10.1. The fourth-order valence-corrected chi connectivity index (χ4v) is 2.64. The van der Waals surface area contributed by atoms with Crippen molar-refractivity contribution in [1.82, 2.24) is 15.3 Å². The van der Waals surface area contributed by atoms with E-state index < -0.39 is 51.3 Å². The molecular formula is C16H10F4N4O3S. The van der Waals surface area contributed by atoms with Crippen molar-refractivity contribution in [2.24, 2.45) is 0 Å². The fourth-order valence-electron chi connectivity index (χ4n) is 2.43. The molecule has 4 N–H and O–H groups in total. The first-order chi connectivity index (χ1) is 13.2. The molecule has 0 aliphatic rings. The first kappa shape index (κ1) is 19.4. The lowest BCUT2D eigenvalue weighted by Gasteiger charge is -2.12. The van der Waals surface area contributed by atoms with Crippen LogP contribution < -0.4 is 21.1 Å². The average molecular weight is 414 g/mol. The van der Waals surface area contributed by atoms with E-state index in [4.69, 9.17) is 12.2 Å². The number of rotatable bonds is 3. The molecule has 12 heteroatoms. The lowest BCUT2D eigenvalue weighted by Crippen LogP contribution is -2.35. The highest BCUT2D eigenvalue weighted by molar-refractivity contribution is 7.80. The predicted octanol–water partition coefficient (Wildman–Crippen LogP) is 2.55. The number of imidazole rings is 1. The summed E-state index contributed by atoms with van der Waals surface area (Å²) in [6.07, 6.45) is 0. The van der Waals surface area contributed by atoms with E-state index in [1.807, 2.05) is 5.32 Å². The van der Waals surface area contributed by atoms with Crippen LogP contribution in [0.3, 0.4) is 0 Å². The van der Waals surface area contributed by atoms with E-state index in [2.05, 4.69) is 20.0 Å². The third-order valence-corrected chi connectivity index (χ3v) is 3.86. The number of carbonyl (C=O) groups excluding carboxylic acids is 1. The molecule has 0 aliphatic carbocycles. The van der Waals surface area contributed by atoms with Crippen LogP contribution >= 0.6 is 12.2 Å². The van der Waals surface area contributed by atoms with Crippen LogP contribution in [0.5, 0.6) is 5.75 Å². The van der Waals surface area contributed by atoms with E-state index in [1.165, 1.54) is 18.2 Å². The third-order valence-electron chi connectivity index (χ3n) is 3.66. The lowest BCUT2D eigenvalue weighted by molar-refractivity contribution is 0.0966. The van der Waals surface area contributed by atoms with Gasteiger partial charge in [-0.25, -0.2) is 13.6 Å². The van der Waals surface area contributed by atoms with Crippen LogP contribution in [0.2, 0.25) is 0 Å². The van der Waals surface area contributed by atoms with Gasteiger partial charge in [-0.3, -0.25) is 10.1 Å². The summed E-state index contributed by atoms with van der Waals surface area (Å²) in [4.78, 5) is 28.3. The maximum absolute atomic E-state index is 14.0.